The zero-order valence-corrected chi connectivity index (χ0v) is 7.00. The molecule has 13 heavy (non-hydrogen) atoms. The number of esters is 1. The number of benzene rings is 1. The van der Waals surface area contributed by atoms with Gasteiger partial charge in [0.25, 0.3) is 0 Å². The van der Waals surface area contributed by atoms with E-state index in [1.54, 1.807) is 0 Å². The molecule has 1 rings (SSSR count). The van der Waals surface area contributed by atoms with E-state index in [1.807, 2.05) is 0 Å². The van der Waals surface area contributed by atoms with Crippen LogP contribution in [0.4, 0.5) is 15.8 Å². The van der Waals surface area contributed by atoms with Crippen LogP contribution in [0.3, 0.4) is 0 Å². The lowest BCUT2D eigenvalue weighted by Gasteiger charge is -2.05. The summed E-state index contributed by atoms with van der Waals surface area (Å²) in [6.45, 7) is 1.17. The average Bonchev–Trinajstić information content (AvgIpc) is 1.98. The minimum Gasteiger partial charge on any atom is -0.423 e. The smallest absolute Gasteiger partial charge is 0.308 e. The van der Waals surface area contributed by atoms with Gasteiger partial charge in [-0.05, 0) is 6.07 Å². The van der Waals surface area contributed by atoms with Crippen LogP contribution in [0.25, 0.3) is 0 Å². The van der Waals surface area contributed by atoms with E-state index in [0.29, 0.717) is 0 Å². The van der Waals surface area contributed by atoms with E-state index >= 15 is 0 Å². The largest absolute Gasteiger partial charge is 0.423 e. The molecule has 1 aromatic carbocycles. The Kier molecular flexibility index (Phi) is 2.36. The Labute approximate surface area is 74.3 Å². The third kappa shape index (κ3) is 2.08. The molecule has 0 heterocycles. The lowest BCUT2D eigenvalue weighted by atomic mass is 10.2. The van der Waals surface area contributed by atoms with Gasteiger partial charge in [-0.25, -0.2) is 4.39 Å². The van der Waals surface area contributed by atoms with Crippen LogP contribution in [-0.2, 0) is 4.79 Å². The summed E-state index contributed by atoms with van der Waals surface area (Å²) in [4.78, 5) is 10.5. The molecule has 0 aliphatic rings. The molecule has 0 radical (unpaired) electrons. The van der Waals surface area contributed by atoms with E-state index < -0.39 is 11.8 Å². The summed E-state index contributed by atoms with van der Waals surface area (Å²) in [5.74, 6) is -1.64. The Morgan fingerprint density at radius 3 is 2.62 bits per heavy atom. The van der Waals surface area contributed by atoms with Gasteiger partial charge in [0.1, 0.15) is 0 Å². The standard InChI is InChI=1S/C8H9FN2O2/c1-4(12)13-7-3-5(10)2-6(11)8(7)9/h2-3H,10-11H2,1H3. The average molecular weight is 184 g/mol. The van der Waals surface area contributed by atoms with Crippen LogP contribution >= 0.6 is 0 Å². The molecule has 0 saturated heterocycles. The quantitative estimate of drug-likeness (QED) is 0.386. The fraction of sp³-hybridized carbons (Fsp3) is 0.125. The van der Waals surface area contributed by atoms with Crippen molar-refractivity contribution in [1.82, 2.24) is 0 Å². The molecule has 4 N–H and O–H groups in total. The molecule has 5 heteroatoms. The number of carbonyl (C=O) groups is 1. The topological polar surface area (TPSA) is 78.3 Å². The predicted molar refractivity (Wildman–Crippen MR) is 46.5 cm³/mol. The number of carbonyl (C=O) groups excluding carboxylic acids is 1. The molecule has 0 amide bonds. The first-order valence-electron chi connectivity index (χ1n) is 3.53. The molecule has 0 fully saturated rings. The Bertz CT molecular complexity index is 352. The number of nitrogens with two attached hydrogens (primary N) is 2. The van der Waals surface area contributed by atoms with Crippen LogP contribution in [0.2, 0.25) is 0 Å². The normalized spacial score (nSPS) is 9.69. The van der Waals surface area contributed by atoms with Crippen molar-refractivity contribution in [2.24, 2.45) is 0 Å². The maximum atomic E-state index is 13.1. The summed E-state index contributed by atoms with van der Waals surface area (Å²) in [7, 11) is 0. The number of anilines is 2. The summed E-state index contributed by atoms with van der Waals surface area (Å²) in [5.41, 5.74) is 10.7. The molecule has 0 aliphatic carbocycles. The Hall–Kier alpha value is -1.78. The van der Waals surface area contributed by atoms with Gasteiger partial charge in [0.2, 0.25) is 0 Å². The van der Waals surface area contributed by atoms with Gasteiger partial charge in [0, 0.05) is 18.7 Å². The Morgan fingerprint density at radius 2 is 2.08 bits per heavy atom. The first-order valence-corrected chi connectivity index (χ1v) is 3.53. The fourth-order valence-corrected chi connectivity index (χ4v) is 0.871. The van der Waals surface area contributed by atoms with Crippen molar-refractivity contribution in [3.05, 3.63) is 17.9 Å². The van der Waals surface area contributed by atoms with Crippen molar-refractivity contribution in [3.8, 4) is 5.75 Å². The van der Waals surface area contributed by atoms with Crippen LogP contribution < -0.4 is 16.2 Å². The second-order valence-corrected chi connectivity index (χ2v) is 2.52. The van der Waals surface area contributed by atoms with Gasteiger partial charge in [-0.3, -0.25) is 4.79 Å². The highest BCUT2D eigenvalue weighted by Gasteiger charge is 2.10. The Balaban J connectivity index is 3.12. The van der Waals surface area contributed by atoms with E-state index in [2.05, 4.69) is 4.74 Å². The summed E-state index contributed by atoms with van der Waals surface area (Å²) < 4.78 is 17.6. The summed E-state index contributed by atoms with van der Waals surface area (Å²) in [5, 5.41) is 0. The van der Waals surface area contributed by atoms with Gasteiger partial charge in [0.15, 0.2) is 11.6 Å². The lowest BCUT2D eigenvalue weighted by Crippen LogP contribution is -2.05. The van der Waals surface area contributed by atoms with Gasteiger partial charge in [-0.2, -0.15) is 0 Å². The SMILES string of the molecule is CC(=O)Oc1cc(N)cc(N)c1F. The van der Waals surface area contributed by atoms with Gasteiger partial charge >= 0.3 is 5.97 Å². The van der Waals surface area contributed by atoms with Crippen molar-refractivity contribution in [2.75, 3.05) is 11.5 Å². The maximum Gasteiger partial charge on any atom is 0.308 e. The number of hydrogen-bond donors (Lipinski definition) is 2. The molecule has 0 spiro atoms. The molecule has 0 unspecified atom stereocenters. The Morgan fingerprint density at radius 1 is 1.46 bits per heavy atom. The first kappa shape index (κ1) is 9.31. The van der Waals surface area contributed by atoms with Crippen molar-refractivity contribution in [2.45, 2.75) is 6.92 Å². The van der Waals surface area contributed by atoms with Crippen molar-refractivity contribution in [3.63, 3.8) is 0 Å². The van der Waals surface area contributed by atoms with Crippen LogP contribution in [-0.4, -0.2) is 5.97 Å². The fourth-order valence-electron chi connectivity index (χ4n) is 0.871. The second-order valence-electron chi connectivity index (χ2n) is 2.52. The number of rotatable bonds is 1. The second kappa shape index (κ2) is 3.30. The highest BCUT2D eigenvalue weighted by Crippen LogP contribution is 2.26. The van der Waals surface area contributed by atoms with E-state index in [9.17, 15) is 9.18 Å². The minimum atomic E-state index is -0.774. The van der Waals surface area contributed by atoms with E-state index in [4.69, 9.17) is 11.5 Å². The summed E-state index contributed by atoms with van der Waals surface area (Å²) in [6.07, 6.45) is 0. The summed E-state index contributed by atoms with van der Waals surface area (Å²) >= 11 is 0. The third-order valence-corrected chi connectivity index (χ3v) is 1.34. The molecule has 0 bridgehead atoms. The third-order valence-electron chi connectivity index (χ3n) is 1.34. The van der Waals surface area contributed by atoms with Gasteiger partial charge in [-0.1, -0.05) is 0 Å². The molecular weight excluding hydrogens is 175 g/mol. The lowest BCUT2D eigenvalue weighted by molar-refractivity contribution is -0.132. The van der Waals surface area contributed by atoms with Crippen LogP contribution in [0.5, 0.6) is 5.75 Å². The van der Waals surface area contributed by atoms with Gasteiger partial charge in [-0.15, -0.1) is 0 Å². The van der Waals surface area contributed by atoms with E-state index in [1.165, 1.54) is 19.1 Å². The number of nitrogen functional groups attached to an aromatic ring is 2. The molecule has 1 aromatic rings. The van der Waals surface area contributed by atoms with Crippen LogP contribution in [0, 0.1) is 5.82 Å². The number of ether oxygens (including phenoxy) is 1. The zero-order chi connectivity index (χ0) is 10.0. The highest BCUT2D eigenvalue weighted by molar-refractivity contribution is 5.71. The van der Waals surface area contributed by atoms with Crippen molar-refractivity contribution in [1.29, 1.82) is 0 Å². The van der Waals surface area contributed by atoms with Crippen molar-refractivity contribution < 1.29 is 13.9 Å². The minimum absolute atomic E-state index is 0.142. The predicted octanol–water partition coefficient (Wildman–Crippen LogP) is 0.915. The highest BCUT2D eigenvalue weighted by atomic mass is 19.1. The van der Waals surface area contributed by atoms with E-state index in [0.717, 1.165) is 0 Å². The maximum absolute atomic E-state index is 13.1. The van der Waals surface area contributed by atoms with Crippen LogP contribution in [0.15, 0.2) is 12.1 Å². The summed E-state index contributed by atoms with van der Waals surface area (Å²) in [6, 6.07) is 2.45. The molecule has 0 saturated carbocycles. The van der Waals surface area contributed by atoms with E-state index in [-0.39, 0.29) is 17.1 Å². The van der Waals surface area contributed by atoms with Gasteiger partial charge < -0.3 is 16.2 Å². The first-order chi connectivity index (χ1) is 6.00. The number of hydrogen-bond acceptors (Lipinski definition) is 4. The molecule has 0 aromatic heterocycles. The molecule has 70 valence electrons. The molecule has 4 nitrogen and oxygen atoms in total. The number of halogens is 1. The molecular formula is C8H9FN2O2. The van der Waals surface area contributed by atoms with Gasteiger partial charge in [0.05, 0.1) is 5.69 Å². The van der Waals surface area contributed by atoms with Crippen molar-refractivity contribution >= 4 is 17.3 Å². The van der Waals surface area contributed by atoms with Crippen LogP contribution in [0.1, 0.15) is 6.92 Å². The monoisotopic (exact) mass is 184 g/mol. The molecule has 0 aliphatic heterocycles. The molecule has 0 atom stereocenters. The zero-order valence-electron chi connectivity index (χ0n) is 7.00.